The van der Waals surface area contributed by atoms with Crippen molar-refractivity contribution in [2.24, 2.45) is 5.10 Å². The molecule has 0 aromatic heterocycles. The molecule has 0 aliphatic carbocycles. The molecule has 1 aliphatic heterocycles. The lowest BCUT2D eigenvalue weighted by molar-refractivity contribution is -0.130. The molecule has 0 saturated carbocycles. The van der Waals surface area contributed by atoms with Crippen molar-refractivity contribution in [2.75, 3.05) is 0 Å². The van der Waals surface area contributed by atoms with Crippen molar-refractivity contribution in [3.8, 4) is 5.75 Å². The molecule has 2 aromatic rings. The minimum atomic E-state index is -0.449. The van der Waals surface area contributed by atoms with Crippen LogP contribution in [0.2, 0.25) is 5.02 Å². The average molecular weight is 357 g/mol. The molecule has 25 heavy (non-hydrogen) atoms. The normalized spacial score (nSPS) is 16.5. The SMILES string of the molecule is CC(=O)N1N=C(C)CC1c1ccc(OC(=O)c2ccc(Cl)cc2)cc1. The van der Waals surface area contributed by atoms with Gasteiger partial charge in [-0.05, 0) is 48.9 Å². The van der Waals surface area contributed by atoms with Gasteiger partial charge in [-0.25, -0.2) is 9.80 Å². The number of rotatable bonds is 3. The van der Waals surface area contributed by atoms with Gasteiger partial charge in [-0.3, -0.25) is 4.79 Å². The van der Waals surface area contributed by atoms with Gasteiger partial charge in [0.15, 0.2) is 0 Å². The molecule has 0 N–H and O–H groups in total. The van der Waals surface area contributed by atoms with Crippen LogP contribution in [-0.4, -0.2) is 22.6 Å². The van der Waals surface area contributed by atoms with E-state index in [9.17, 15) is 9.59 Å². The number of ether oxygens (including phenoxy) is 1. The molecule has 1 unspecified atom stereocenters. The van der Waals surface area contributed by atoms with Crippen LogP contribution in [0.3, 0.4) is 0 Å². The Labute approximate surface area is 150 Å². The fraction of sp³-hybridized carbons (Fsp3) is 0.211. The van der Waals surface area contributed by atoms with E-state index in [2.05, 4.69) is 5.10 Å². The molecule has 3 rings (SSSR count). The molecule has 1 amide bonds. The maximum Gasteiger partial charge on any atom is 0.343 e. The van der Waals surface area contributed by atoms with Gasteiger partial charge < -0.3 is 4.74 Å². The first kappa shape index (κ1) is 17.2. The lowest BCUT2D eigenvalue weighted by Gasteiger charge is -2.20. The summed E-state index contributed by atoms with van der Waals surface area (Å²) >= 11 is 5.81. The molecule has 1 aliphatic rings. The summed E-state index contributed by atoms with van der Waals surface area (Å²) in [7, 11) is 0. The van der Waals surface area contributed by atoms with Crippen LogP contribution in [0, 0.1) is 0 Å². The van der Waals surface area contributed by atoms with Gasteiger partial charge in [0.25, 0.3) is 0 Å². The van der Waals surface area contributed by atoms with E-state index >= 15 is 0 Å². The number of esters is 1. The Kier molecular flexibility index (Phi) is 4.86. The quantitative estimate of drug-likeness (QED) is 0.610. The zero-order valence-electron chi connectivity index (χ0n) is 13.9. The Bertz CT molecular complexity index is 829. The summed E-state index contributed by atoms with van der Waals surface area (Å²) in [5.41, 5.74) is 2.29. The van der Waals surface area contributed by atoms with Gasteiger partial charge in [-0.2, -0.15) is 5.10 Å². The molecule has 1 atom stereocenters. The summed E-state index contributed by atoms with van der Waals surface area (Å²) in [6, 6.07) is 13.5. The molecule has 0 spiro atoms. The summed E-state index contributed by atoms with van der Waals surface area (Å²) in [6.07, 6.45) is 0.698. The van der Waals surface area contributed by atoms with Gasteiger partial charge in [-0.15, -0.1) is 0 Å². The fourth-order valence-corrected chi connectivity index (χ4v) is 2.85. The highest BCUT2D eigenvalue weighted by Gasteiger charge is 2.28. The third-order valence-corrected chi connectivity index (χ3v) is 4.19. The molecule has 0 bridgehead atoms. The second-order valence-corrected chi connectivity index (χ2v) is 6.32. The molecular weight excluding hydrogens is 340 g/mol. The minimum absolute atomic E-state index is 0.0971. The number of carbonyl (C=O) groups is 2. The van der Waals surface area contributed by atoms with E-state index in [4.69, 9.17) is 16.3 Å². The maximum atomic E-state index is 12.1. The van der Waals surface area contributed by atoms with Gasteiger partial charge in [0.2, 0.25) is 5.91 Å². The highest BCUT2D eigenvalue weighted by Crippen LogP contribution is 2.31. The zero-order valence-corrected chi connectivity index (χ0v) is 14.7. The van der Waals surface area contributed by atoms with Crippen molar-refractivity contribution >= 4 is 29.2 Å². The lowest BCUT2D eigenvalue weighted by atomic mass is 10.0. The monoisotopic (exact) mass is 356 g/mol. The van der Waals surface area contributed by atoms with E-state index in [-0.39, 0.29) is 11.9 Å². The van der Waals surface area contributed by atoms with E-state index < -0.39 is 5.97 Å². The number of hydrogen-bond acceptors (Lipinski definition) is 4. The van der Waals surface area contributed by atoms with Crippen LogP contribution < -0.4 is 4.74 Å². The summed E-state index contributed by atoms with van der Waals surface area (Å²) in [5, 5.41) is 6.32. The summed E-state index contributed by atoms with van der Waals surface area (Å²) in [5.74, 6) is -0.108. The highest BCUT2D eigenvalue weighted by atomic mass is 35.5. The summed E-state index contributed by atoms with van der Waals surface area (Å²) in [4.78, 5) is 23.8. The van der Waals surface area contributed by atoms with Crippen molar-refractivity contribution in [3.05, 3.63) is 64.7 Å². The second kappa shape index (κ2) is 7.07. The maximum absolute atomic E-state index is 12.1. The molecule has 6 heteroatoms. The van der Waals surface area contributed by atoms with E-state index in [0.29, 0.717) is 22.8 Å². The Morgan fingerprint density at radius 3 is 2.36 bits per heavy atom. The molecule has 2 aromatic carbocycles. The van der Waals surface area contributed by atoms with E-state index in [1.165, 1.54) is 11.9 Å². The number of amides is 1. The number of benzene rings is 2. The molecule has 128 valence electrons. The average Bonchev–Trinajstić information content (AvgIpc) is 2.98. The van der Waals surface area contributed by atoms with Crippen molar-refractivity contribution in [1.29, 1.82) is 0 Å². The first-order valence-electron chi connectivity index (χ1n) is 7.85. The zero-order chi connectivity index (χ0) is 18.0. The van der Waals surface area contributed by atoms with Crippen LogP contribution in [-0.2, 0) is 4.79 Å². The Balaban J connectivity index is 1.71. The van der Waals surface area contributed by atoms with E-state index in [0.717, 1.165) is 11.3 Å². The number of halogens is 1. The van der Waals surface area contributed by atoms with Crippen molar-refractivity contribution in [2.45, 2.75) is 26.3 Å². The Morgan fingerprint density at radius 2 is 1.76 bits per heavy atom. The van der Waals surface area contributed by atoms with Crippen LogP contribution in [0.5, 0.6) is 5.75 Å². The topological polar surface area (TPSA) is 59.0 Å². The predicted molar refractivity (Wildman–Crippen MR) is 95.8 cm³/mol. The smallest absolute Gasteiger partial charge is 0.343 e. The highest BCUT2D eigenvalue weighted by molar-refractivity contribution is 6.30. The van der Waals surface area contributed by atoms with Gasteiger partial charge in [0.05, 0.1) is 11.6 Å². The van der Waals surface area contributed by atoms with Gasteiger partial charge in [0.1, 0.15) is 5.75 Å². The fourth-order valence-electron chi connectivity index (χ4n) is 2.72. The van der Waals surface area contributed by atoms with Crippen LogP contribution in [0.1, 0.15) is 42.2 Å². The van der Waals surface area contributed by atoms with Crippen molar-refractivity contribution in [1.82, 2.24) is 5.01 Å². The van der Waals surface area contributed by atoms with E-state index in [1.807, 2.05) is 19.1 Å². The van der Waals surface area contributed by atoms with Crippen LogP contribution in [0.4, 0.5) is 0 Å². The lowest BCUT2D eigenvalue weighted by Crippen LogP contribution is -2.24. The Morgan fingerprint density at radius 1 is 1.12 bits per heavy atom. The molecule has 0 fully saturated rings. The van der Waals surface area contributed by atoms with Gasteiger partial charge in [0, 0.05) is 24.1 Å². The number of nitrogens with zero attached hydrogens (tertiary/aromatic N) is 2. The summed E-state index contributed by atoms with van der Waals surface area (Å²) in [6.45, 7) is 3.40. The van der Waals surface area contributed by atoms with Crippen LogP contribution in [0.15, 0.2) is 53.6 Å². The van der Waals surface area contributed by atoms with Crippen molar-refractivity contribution in [3.63, 3.8) is 0 Å². The largest absolute Gasteiger partial charge is 0.423 e. The Hall–Kier alpha value is -2.66. The number of hydrazone groups is 1. The molecule has 5 nitrogen and oxygen atoms in total. The standard InChI is InChI=1S/C19H17ClN2O3/c1-12-11-18(22(21-12)13(2)23)14-5-9-17(10-6-14)25-19(24)15-3-7-16(20)8-4-15/h3-10,18H,11H2,1-2H3. The molecular formula is C19H17ClN2O3. The number of hydrogen-bond donors (Lipinski definition) is 0. The van der Waals surface area contributed by atoms with Crippen LogP contribution in [0.25, 0.3) is 0 Å². The third kappa shape index (κ3) is 3.88. The third-order valence-electron chi connectivity index (χ3n) is 3.94. The molecule has 1 heterocycles. The van der Waals surface area contributed by atoms with E-state index in [1.54, 1.807) is 36.4 Å². The number of carbonyl (C=O) groups excluding carboxylic acids is 2. The van der Waals surface area contributed by atoms with Gasteiger partial charge in [-0.1, -0.05) is 23.7 Å². The predicted octanol–water partition coefficient (Wildman–Crippen LogP) is 4.23. The van der Waals surface area contributed by atoms with Gasteiger partial charge >= 0.3 is 5.97 Å². The van der Waals surface area contributed by atoms with Crippen LogP contribution >= 0.6 is 11.6 Å². The second-order valence-electron chi connectivity index (χ2n) is 5.88. The summed E-state index contributed by atoms with van der Waals surface area (Å²) < 4.78 is 5.36. The minimum Gasteiger partial charge on any atom is -0.423 e. The first-order chi connectivity index (χ1) is 11.9. The molecule has 0 radical (unpaired) electrons. The molecule has 0 saturated heterocycles. The van der Waals surface area contributed by atoms with Crippen molar-refractivity contribution < 1.29 is 14.3 Å². The first-order valence-corrected chi connectivity index (χ1v) is 8.23.